The van der Waals surface area contributed by atoms with Crippen molar-refractivity contribution in [2.45, 2.75) is 32.6 Å². The molecule has 2 heterocycles. The average molecular weight is 577 g/mol. The van der Waals surface area contributed by atoms with Gasteiger partial charge in [0.1, 0.15) is 11.6 Å². The van der Waals surface area contributed by atoms with Crippen molar-refractivity contribution in [1.29, 1.82) is 0 Å². The number of fused-ring (bicyclic) bond motifs is 1. The highest BCUT2D eigenvalue weighted by Crippen LogP contribution is 2.49. The number of phenolic OH excluding ortho intramolecular Hbond substituents is 1. The highest BCUT2D eigenvalue weighted by molar-refractivity contribution is 14.1. The summed E-state index contributed by atoms with van der Waals surface area (Å²) in [6, 6.07) is 3.71. The molecule has 0 saturated carbocycles. The lowest BCUT2D eigenvalue weighted by Gasteiger charge is -2.38. The summed E-state index contributed by atoms with van der Waals surface area (Å²) in [4.78, 5) is 25.5. The van der Waals surface area contributed by atoms with Gasteiger partial charge in [-0.3, -0.25) is 19.8 Å². The first kappa shape index (κ1) is 18.1. The van der Waals surface area contributed by atoms with Crippen LogP contribution in [-0.4, -0.2) is 21.1 Å². The molecule has 4 N–H and O–H groups in total. The SMILES string of the molecule is CC1(C)CC(=O)C2=C(C1)Nc1[nH][nH]c(=O)c1[C@H]2c1cc(I)cc(I)c1O. The lowest BCUT2D eigenvalue weighted by Crippen LogP contribution is -2.35. The maximum absolute atomic E-state index is 13.0. The van der Waals surface area contributed by atoms with Crippen molar-refractivity contribution in [1.82, 2.24) is 10.2 Å². The minimum absolute atomic E-state index is 0.0215. The monoisotopic (exact) mass is 577 g/mol. The van der Waals surface area contributed by atoms with Gasteiger partial charge < -0.3 is 10.4 Å². The van der Waals surface area contributed by atoms with Gasteiger partial charge >= 0.3 is 0 Å². The summed E-state index contributed by atoms with van der Waals surface area (Å²) >= 11 is 4.25. The van der Waals surface area contributed by atoms with E-state index in [1.54, 1.807) is 0 Å². The van der Waals surface area contributed by atoms with Crippen LogP contribution in [0.4, 0.5) is 5.82 Å². The number of Topliss-reactive ketones (excluding diaryl/α,β-unsaturated/α-hetero) is 1. The Hall–Kier alpha value is -1.30. The molecule has 2 aromatic rings. The average Bonchev–Trinajstić information content (AvgIpc) is 2.89. The smallest absolute Gasteiger partial charge is 0.270 e. The zero-order valence-corrected chi connectivity index (χ0v) is 18.5. The van der Waals surface area contributed by atoms with Crippen LogP contribution in [0.15, 0.2) is 28.2 Å². The standard InChI is InChI=1S/C18H17I2N3O3/c1-18(2)5-10-13(11(24)6-18)12(14-16(21-10)22-23-17(14)26)8-3-7(19)4-9(20)15(8)25/h3-4,12,25H,5-6H2,1-2H3,(H3,21,22,23,26)/t12-/m0/s1. The number of halogens is 2. The fourth-order valence-corrected chi connectivity index (χ4v) is 5.82. The van der Waals surface area contributed by atoms with E-state index in [1.165, 1.54) is 0 Å². The first-order chi connectivity index (χ1) is 12.2. The van der Waals surface area contributed by atoms with E-state index in [0.717, 1.165) is 9.27 Å². The number of benzene rings is 1. The molecular formula is C18H17I2N3O3. The zero-order chi connectivity index (χ0) is 18.8. The molecule has 6 nitrogen and oxygen atoms in total. The highest BCUT2D eigenvalue weighted by atomic mass is 127. The molecule has 0 unspecified atom stereocenters. The van der Waals surface area contributed by atoms with Gasteiger partial charge in [-0.1, -0.05) is 13.8 Å². The summed E-state index contributed by atoms with van der Waals surface area (Å²) in [5, 5.41) is 19.4. The molecule has 1 aromatic carbocycles. The number of anilines is 1. The Labute approximate surface area is 177 Å². The number of ketones is 1. The highest BCUT2D eigenvalue weighted by Gasteiger charge is 2.43. The lowest BCUT2D eigenvalue weighted by molar-refractivity contribution is -0.118. The van der Waals surface area contributed by atoms with Gasteiger partial charge in [0.05, 0.1) is 15.1 Å². The quantitative estimate of drug-likeness (QED) is 0.388. The molecule has 136 valence electrons. The maximum atomic E-state index is 13.0. The van der Waals surface area contributed by atoms with Crippen molar-refractivity contribution in [2.24, 2.45) is 5.41 Å². The molecule has 1 aliphatic carbocycles. The molecule has 0 amide bonds. The summed E-state index contributed by atoms with van der Waals surface area (Å²) in [5.41, 5.74) is 2.03. The Morgan fingerprint density at radius 1 is 1.15 bits per heavy atom. The van der Waals surface area contributed by atoms with E-state index in [1.807, 2.05) is 12.1 Å². The largest absolute Gasteiger partial charge is 0.507 e. The van der Waals surface area contributed by atoms with Crippen LogP contribution in [-0.2, 0) is 4.79 Å². The molecule has 0 radical (unpaired) electrons. The summed E-state index contributed by atoms with van der Waals surface area (Å²) in [6.45, 7) is 4.12. The number of H-pyrrole nitrogens is 2. The van der Waals surface area contributed by atoms with Gasteiger partial charge in [-0.2, -0.15) is 0 Å². The fraction of sp³-hybridized carbons (Fsp3) is 0.333. The maximum Gasteiger partial charge on any atom is 0.270 e. The molecule has 2 aliphatic rings. The van der Waals surface area contributed by atoms with Crippen LogP contribution in [0.25, 0.3) is 0 Å². The van der Waals surface area contributed by atoms with Crippen LogP contribution < -0.4 is 10.9 Å². The topological polar surface area (TPSA) is 98.0 Å². The number of rotatable bonds is 1. The van der Waals surface area contributed by atoms with Gasteiger partial charge in [-0.25, -0.2) is 0 Å². The second-order valence-corrected chi connectivity index (χ2v) is 9.99. The summed E-state index contributed by atoms with van der Waals surface area (Å²) in [5.74, 6) is 0.128. The van der Waals surface area contributed by atoms with E-state index in [-0.39, 0.29) is 22.5 Å². The van der Waals surface area contributed by atoms with Crippen molar-refractivity contribution in [3.63, 3.8) is 0 Å². The predicted octanol–water partition coefficient (Wildman–Crippen LogP) is 3.82. The van der Waals surface area contributed by atoms with Crippen molar-refractivity contribution in [2.75, 3.05) is 5.32 Å². The van der Waals surface area contributed by atoms with Gasteiger partial charge in [0.15, 0.2) is 5.78 Å². The molecule has 26 heavy (non-hydrogen) atoms. The van der Waals surface area contributed by atoms with Crippen molar-refractivity contribution in [3.05, 3.63) is 52.0 Å². The van der Waals surface area contributed by atoms with E-state index in [2.05, 4.69) is 74.5 Å². The Balaban J connectivity index is 2.02. The van der Waals surface area contributed by atoms with Crippen LogP contribution >= 0.6 is 45.2 Å². The van der Waals surface area contributed by atoms with E-state index in [0.29, 0.717) is 38.9 Å². The number of aromatic amines is 2. The van der Waals surface area contributed by atoms with Gasteiger partial charge in [-0.05, 0) is 69.2 Å². The summed E-state index contributed by atoms with van der Waals surface area (Å²) in [7, 11) is 0. The third kappa shape index (κ3) is 2.81. The number of allylic oxidation sites excluding steroid dienone is 2. The van der Waals surface area contributed by atoms with Gasteiger partial charge in [-0.15, -0.1) is 0 Å². The predicted molar refractivity (Wildman–Crippen MR) is 115 cm³/mol. The number of aromatic nitrogens is 2. The van der Waals surface area contributed by atoms with Crippen LogP contribution in [0.3, 0.4) is 0 Å². The van der Waals surface area contributed by atoms with Crippen LogP contribution in [0.2, 0.25) is 0 Å². The first-order valence-electron chi connectivity index (χ1n) is 8.19. The minimum atomic E-state index is -0.580. The van der Waals surface area contributed by atoms with E-state index < -0.39 is 5.92 Å². The molecule has 1 atom stereocenters. The second-order valence-electron chi connectivity index (χ2n) is 7.58. The Morgan fingerprint density at radius 2 is 1.88 bits per heavy atom. The summed E-state index contributed by atoms with van der Waals surface area (Å²) in [6.07, 6.45) is 1.13. The van der Waals surface area contributed by atoms with Crippen molar-refractivity contribution < 1.29 is 9.90 Å². The molecule has 8 heteroatoms. The molecular weight excluding hydrogens is 560 g/mol. The normalized spacial score (nSPS) is 21.2. The Kier molecular flexibility index (Phi) is 4.25. The zero-order valence-electron chi connectivity index (χ0n) is 14.2. The number of carbonyl (C=O) groups excluding carboxylic acids is 1. The number of hydrogen-bond donors (Lipinski definition) is 4. The number of aromatic hydroxyl groups is 1. The van der Waals surface area contributed by atoms with E-state index in [4.69, 9.17) is 0 Å². The van der Waals surface area contributed by atoms with Crippen molar-refractivity contribution in [3.8, 4) is 5.75 Å². The van der Waals surface area contributed by atoms with Crippen LogP contribution in [0.1, 0.15) is 43.7 Å². The second kappa shape index (κ2) is 6.11. The molecule has 0 fully saturated rings. The first-order valence-corrected chi connectivity index (χ1v) is 10.4. The number of phenols is 1. The molecule has 4 rings (SSSR count). The third-order valence-electron chi connectivity index (χ3n) is 4.96. The van der Waals surface area contributed by atoms with Crippen molar-refractivity contribution >= 4 is 56.8 Å². The van der Waals surface area contributed by atoms with Gasteiger partial charge in [0.25, 0.3) is 5.56 Å². The number of hydrogen-bond acceptors (Lipinski definition) is 4. The fourth-order valence-electron chi connectivity index (χ4n) is 3.93. The minimum Gasteiger partial charge on any atom is -0.507 e. The Bertz CT molecular complexity index is 1030. The van der Waals surface area contributed by atoms with Gasteiger partial charge in [0.2, 0.25) is 0 Å². The van der Waals surface area contributed by atoms with E-state index in [9.17, 15) is 14.7 Å². The number of nitrogens with one attached hydrogen (secondary N) is 3. The molecule has 1 aromatic heterocycles. The number of carbonyl (C=O) groups is 1. The third-order valence-corrected chi connectivity index (χ3v) is 6.40. The van der Waals surface area contributed by atoms with Gasteiger partial charge in [0, 0.05) is 26.8 Å². The van der Waals surface area contributed by atoms with Crippen LogP contribution in [0, 0.1) is 12.6 Å². The van der Waals surface area contributed by atoms with Crippen LogP contribution in [0.5, 0.6) is 5.75 Å². The Morgan fingerprint density at radius 3 is 2.62 bits per heavy atom. The molecule has 1 aliphatic heterocycles. The molecule has 0 spiro atoms. The summed E-state index contributed by atoms with van der Waals surface area (Å²) < 4.78 is 1.64. The molecule has 0 saturated heterocycles. The van der Waals surface area contributed by atoms with E-state index >= 15 is 0 Å². The molecule has 0 bridgehead atoms. The lowest BCUT2D eigenvalue weighted by atomic mass is 9.69.